The fourth-order valence-electron chi connectivity index (χ4n) is 1.01. The van der Waals surface area contributed by atoms with Crippen LogP contribution in [-0.4, -0.2) is 26.2 Å². The predicted molar refractivity (Wildman–Crippen MR) is 77.7 cm³/mol. The monoisotopic (exact) mass is 311 g/mol. The minimum Gasteiger partial charge on any atom is -0.330 e. The maximum Gasteiger partial charge on any atom is 0.229 e. The number of anilines is 1. The lowest BCUT2D eigenvalue weighted by molar-refractivity contribution is 0.607. The van der Waals surface area contributed by atoms with Crippen molar-refractivity contribution in [3.05, 3.63) is 24.0 Å². The van der Waals surface area contributed by atoms with Gasteiger partial charge in [0.25, 0.3) is 0 Å². The minimum atomic E-state index is -3.28. The first kappa shape index (κ1) is 19.3. The zero-order valence-electron chi connectivity index (χ0n) is 9.71. The molecule has 0 aliphatic heterocycles. The van der Waals surface area contributed by atoms with Crippen LogP contribution in [0, 0.1) is 11.8 Å². The Morgan fingerprint density at radius 1 is 1.39 bits per heavy atom. The smallest absolute Gasteiger partial charge is 0.229 e. The molecule has 0 spiro atoms. The van der Waals surface area contributed by atoms with E-state index in [-0.39, 0.29) is 24.8 Å². The highest BCUT2D eigenvalue weighted by molar-refractivity contribution is 7.92. The molecule has 0 saturated carbocycles. The van der Waals surface area contributed by atoms with Crippen LogP contribution in [0.1, 0.15) is 12.0 Å². The highest BCUT2D eigenvalue weighted by Gasteiger charge is 2.01. The van der Waals surface area contributed by atoms with Gasteiger partial charge < -0.3 is 5.73 Å². The summed E-state index contributed by atoms with van der Waals surface area (Å²) in [6.45, 7) is 0.502. The van der Waals surface area contributed by atoms with Gasteiger partial charge in [0.05, 0.1) is 18.1 Å². The summed E-state index contributed by atoms with van der Waals surface area (Å²) in [6.07, 6.45) is 4.68. The molecule has 1 aromatic heterocycles. The van der Waals surface area contributed by atoms with Crippen molar-refractivity contribution in [2.75, 3.05) is 17.5 Å². The van der Waals surface area contributed by atoms with E-state index < -0.39 is 10.0 Å². The van der Waals surface area contributed by atoms with Gasteiger partial charge in [0.2, 0.25) is 10.0 Å². The van der Waals surface area contributed by atoms with E-state index in [1.165, 1.54) is 6.20 Å². The molecule has 0 radical (unpaired) electrons. The number of aromatic nitrogens is 1. The van der Waals surface area contributed by atoms with Gasteiger partial charge in [-0.3, -0.25) is 9.71 Å². The summed E-state index contributed by atoms with van der Waals surface area (Å²) in [5.41, 5.74) is 6.36. The minimum absolute atomic E-state index is 0. The van der Waals surface area contributed by atoms with E-state index in [2.05, 4.69) is 21.5 Å². The highest BCUT2D eigenvalue weighted by Crippen LogP contribution is 2.08. The number of hydrogen-bond acceptors (Lipinski definition) is 4. The molecule has 0 bridgehead atoms. The normalized spacial score (nSPS) is 9.22. The number of nitrogens with one attached hydrogen (secondary N) is 1. The first-order valence-corrected chi connectivity index (χ1v) is 6.52. The molecule has 0 atom stereocenters. The van der Waals surface area contributed by atoms with Crippen LogP contribution in [-0.2, 0) is 10.0 Å². The summed E-state index contributed by atoms with van der Waals surface area (Å²) < 4.78 is 24.3. The van der Waals surface area contributed by atoms with Crippen molar-refractivity contribution in [2.45, 2.75) is 6.42 Å². The lowest BCUT2D eigenvalue weighted by atomic mass is 10.2. The van der Waals surface area contributed by atoms with E-state index in [1.54, 1.807) is 12.3 Å². The molecule has 1 aromatic rings. The van der Waals surface area contributed by atoms with Crippen molar-refractivity contribution in [3.63, 3.8) is 0 Å². The lowest BCUT2D eigenvalue weighted by Crippen LogP contribution is -2.09. The Morgan fingerprint density at radius 2 is 2.06 bits per heavy atom. The summed E-state index contributed by atoms with van der Waals surface area (Å²) >= 11 is 0. The first-order valence-electron chi connectivity index (χ1n) is 4.63. The summed E-state index contributed by atoms with van der Waals surface area (Å²) in [6, 6.07) is 1.62. The molecule has 5 nitrogen and oxygen atoms in total. The van der Waals surface area contributed by atoms with Crippen LogP contribution in [0.2, 0.25) is 0 Å². The maximum atomic E-state index is 11.0. The van der Waals surface area contributed by atoms with E-state index in [1.807, 2.05) is 0 Å². The third kappa shape index (κ3) is 8.14. The Morgan fingerprint density at radius 3 is 2.61 bits per heavy atom. The van der Waals surface area contributed by atoms with Crippen LogP contribution in [0.25, 0.3) is 0 Å². The molecule has 1 heterocycles. The van der Waals surface area contributed by atoms with Crippen LogP contribution < -0.4 is 10.5 Å². The lowest BCUT2D eigenvalue weighted by Gasteiger charge is -2.02. The number of sulfonamides is 1. The summed E-state index contributed by atoms with van der Waals surface area (Å²) in [5.74, 6) is 5.69. The Labute approximate surface area is 119 Å². The van der Waals surface area contributed by atoms with Crippen molar-refractivity contribution in [3.8, 4) is 11.8 Å². The van der Waals surface area contributed by atoms with Crippen molar-refractivity contribution in [1.29, 1.82) is 0 Å². The van der Waals surface area contributed by atoms with Gasteiger partial charge in [0.15, 0.2) is 0 Å². The summed E-state index contributed by atoms with van der Waals surface area (Å²) in [7, 11) is -3.28. The van der Waals surface area contributed by atoms with E-state index in [9.17, 15) is 8.42 Å². The van der Waals surface area contributed by atoms with Gasteiger partial charge in [-0.25, -0.2) is 8.42 Å². The Hall–Kier alpha value is -1.00. The molecule has 0 unspecified atom stereocenters. The van der Waals surface area contributed by atoms with E-state index in [4.69, 9.17) is 5.73 Å². The number of hydrogen-bond donors (Lipinski definition) is 2. The molecule has 0 aromatic carbocycles. The molecule has 0 aliphatic rings. The fraction of sp³-hybridized carbons (Fsp3) is 0.300. The second-order valence-corrected chi connectivity index (χ2v) is 4.93. The van der Waals surface area contributed by atoms with Gasteiger partial charge in [-0.1, -0.05) is 11.8 Å². The van der Waals surface area contributed by atoms with Crippen LogP contribution in [0.4, 0.5) is 5.69 Å². The molecule has 8 heteroatoms. The number of halogens is 2. The molecule has 0 saturated heterocycles. The van der Waals surface area contributed by atoms with E-state index in [0.29, 0.717) is 24.2 Å². The highest BCUT2D eigenvalue weighted by atomic mass is 35.5. The van der Waals surface area contributed by atoms with Crippen molar-refractivity contribution in [2.24, 2.45) is 5.73 Å². The largest absolute Gasteiger partial charge is 0.330 e. The third-order valence-electron chi connectivity index (χ3n) is 1.54. The van der Waals surface area contributed by atoms with E-state index in [0.717, 1.165) is 6.26 Å². The fourth-order valence-corrected chi connectivity index (χ4v) is 1.55. The van der Waals surface area contributed by atoms with Crippen LogP contribution >= 0.6 is 24.8 Å². The molecule has 0 amide bonds. The average Bonchev–Trinajstić information content (AvgIpc) is 2.16. The zero-order valence-corrected chi connectivity index (χ0v) is 12.2. The van der Waals surface area contributed by atoms with Crippen molar-refractivity contribution < 1.29 is 8.42 Å². The number of rotatable bonds is 3. The molecule has 1 rings (SSSR count). The predicted octanol–water partition coefficient (Wildman–Crippen LogP) is 0.997. The second kappa shape index (κ2) is 9.00. The molecule has 0 fully saturated rings. The van der Waals surface area contributed by atoms with Crippen LogP contribution in [0.5, 0.6) is 0 Å². The topological polar surface area (TPSA) is 85.1 Å². The standard InChI is InChI=1S/C10H13N3O2S.2ClH/c1-16(14,15)13-10-6-9(7-12-8-10)4-2-3-5-11;;/h6-8,13H,3,5,11H2,1H3;2*1H. The summed E-state index contributed by atoms with van der Waals surface area (Å²) in [4.78, 5) is 3.89. The maximum absolute atomic E-state index is 11.0. The number of nitrogens with two attached hydrogens (primary N) is 1. The Bertz CT molecular complexity index is 523. The van der Waals surface area contributed by atoms with Gasteiger partial charge in [-0.2, -0.15) is 0 Å². The molecule has 102 valence electrons. The van der Waals surface area contributed by atoms with Gasteiger partial charge in [0.1, 0.15) is 0 Å². The Kier molecular flexibility index (Phi) is 9.67. The van der Waals surface area contributed by atoms with Gasteiger partial charge in [-0.15, -0.1) is 24.8 Å². The van der Waals surface area contributed by atoms with Gasteiger partial charge in [0, 0.05) is 24.7 Å². The number of nitrogens with zero attached hydrogens (tertiary/aromatic N) is 1. The molecular formula is C10H15Cl2N3O2S. The SMILES string of the molecule is CS(=O)(=O)Nc1cncc(C#CCCN)c1.Cl.Cl. The van der Waals surface area contributed by atoms with Crippen molar-refractivity contribution in [1.82, 2.24) is 4.98 Å². The molecular weight excluding hydrogens is 297 g/mol. The van der Waals surface area contributed by atoms with Gasteiger partial charge in [-0.05, 0) is 6.07 Å². The number of pyridine rings is 1. The van der Waals surface area contributed by atoms with Crippen LogP contribution in [0.15, 0.2) is 18.5 Å². The average molecular weight is 312 g/mol. The first-order chi connectivity index (χ1) is 7.51. The quantitative estimate of drug-likeness (QED) is 0.815. The molecule has 18 heavy (non-hydrogen) atoms. The molecule has 3 N–H and O–H groups in total. The van der Waals surface area contributed by atoms with Crippen molar-refractivity contribution >= 4 is 40.5 Å². The zero-order chi connectivity index (χ0) is 12.0. The third-order valence-corrected chi connectivity index (χ3v) is 2.15. The summed E-state index contributed by atoms with van der Waals surface area (Å²) in [5, 5.41) is 0. The second-order valence-electron chi connectivity index (χ2n) is 3.18. The Balaban J connectivity index is 0. The van der Waals surface area contributed by atoms with Gasteiger partial charge >= 0.3 is 0 Å². The van der Waals surface area contributed by atoms with E-state index >= 15 is 0 Å². The molecule has 0 aliphatic carbocycles. The van der Waals surface area contributed by atoms with Crippen LogP contribution in [0.3, 0.4) is 0 Å².